The van der Waals surface area contributed by atoms with Gasteiger partial charge in [-0.1, -0.05) is 6.07 Å². The third-order valence-corrected chi connectivity index (χ3v) is 4.39. The van der Waals surface area contributed by atoms with Gasteiger partial charge in [0.05, 0.1) is 24.3 Å². The molecule has 0 aliphatic carbocycles. The van der Waals surface area contributed by atoms with E-state index in [1.165, 1.54) is 10.9 Å². The molecule has 0 bridgehead atoms. The van der Waals surface area contributed by atoms with Crippen molar-refractivity contribution in [2.75, 3.05) is 18.5 Å². The quantitative estimate of drug-likeness (QED) is 0.670. The molecule has 1 aromatic carbocycles. The van der Waals surface area contributed by atoms with Crippen molar-refractivity contribution in [3.8, 4) is 22.8 Å². The fourth-order valence-electron chi connectivity index (χ4n) is 2.90. The van der Waals surface area contributed by atoms with Crippen molar-refractivity contribution < 1.29 is 13.9 Å². The number of benzene rings is 1. The van der Waals surface area contributed by atoms with Crippen LogP contribution in [0.1, 0.15) is 0 Å². The molecule has 3 aromatic rings. The van der Waals surface area contributed by atoms with Crippen LogP contribution in [0.15, 0.2) is 59.4 Å². The molecule has 0 atom stereocenters. The van der Waals surface area contributed by atoms with Gasteiger partial charge in [-0.15, -0.1) is 0 Å². The molecule has 0 unspecified atom stereocenters. The molecule has 0 saturated heterocycles. The number of ether oxygens (including phenoxy) is 1. The Morgan fingerprint density at radius 3 is 2.97 bits per heavy atom. The van der Waals surface area contributed by atoms with Gasteiger partial charge in [-0.2, -0.15) is 5.10 Å². The molecule has 148 valence electrons. The Bertz CT molecular complexity index is 1170. The van der Waals surface area contributed by atoms with Crippen LogP contribution >= 0.6 is 0 Å². The van der Waals surface area contributed by atoms with Crippen molar-refractivity contribution in [2.45, 2.75) is 6.54 Å². The van der Waals surface area contributed by atoms with Gasteiger partial charge in [-0.05, 0) is 35.9 Å². The van der Waals surface area contributed by atoms with E-state index in [1.807, 2.05) is 6.07 Å². The summed E-state index contributed by atoms with van der Waals surface area (Å²) in [6, 6.07) is 10.5. The Labute approximate surface area is 164 Å². The molecule has 0 saturated carbocycles. The fraction of sp³-hybridized carbons (Fsp3) is 0.158. The van der Waals surface area contributed by atoms with Gasteiger partial charge >= 0.3 is 5.69 Å². The Morgan fingerprint density at radius 1 is 1.31 bits per heavy atom. The van der Waals surface area contributed by atoms with Crippen LogP contribution in [-0.2, 0) is 11.3 Å². The van der Waals surface area contributed by atoms with Gasteiger partial charge in [-0.3, -0.25) is 4.79 Å². The van der Waals surface area contributed by atoms with E-state index in [0.29, 0.717) is 29.3 Å². The van der Waals surface area contributed by atoms with E-state index < -0.39 is 5.69 Å². The molecule has 2 aromatic heterocycles. The van der Waals surface area contributed by atoms with Crippen LogP contribution in [0.4, 0.5) is 10.1 Å². The number of hydrogen-bond acceptors (Lipinski definition) is 6. The first-order valence-electron chi connectivity index (χ1n) is 8.76. The minimum Gasteiger partial charge on any atom is -0.482 e. The summed E-state index contributed by atoms with van der Waals surface area (Å²) in [4.78, 5) is 28.6. The number of amides is 1. The van der Waals surface area contributed by atoms with Crippen molar-refractivity contribution in [3.63, 3.8) is 0 Å². The van der Waals surface area contributed by atoms with Gasteiger partial charge in [0.25, 0.3) is 5.91 Å². The summed E-state index contributed by atoms with van der Waals surface area (Å²) in [6.07, 6.45) is 1.70. The number of nitrogens with one attached hydrogen (secondary N) is 1. The van der Waals surface area contributed by atoms with Crippen LogP contribution in [-0.4, -0.2) is 38.4 Å². The Morgan fingerprint density at radius 2 is 2.17 bits per heavy atom. The van der Waals surface area contributed by atoms with Crippen LogP contribution in [0.3, 0.4) is 0 Å². The molecule has 0 fully saturated rings. The first-order chi connectivity index (χ1) is 14.1. The number of fused-ring (bicyclic) bond motifs is 1. The van der Waals surface area contributed by atoms with Crippen LogP contribution in [0.2, 0.25) is 0 Å². The molecule has 1 aliphatic heterocycles. The lowest BCUT2D eigenvalue weighted by Gasteiger charge is -2.18. The molecule has 1 amide bonds. The maximum absolute atomic E-state index is 12.8. The molecule has 4 rings (SSSR count). The smallest absolute Gasteiger partial charge is 0.351 e. The van der Waals surface area contributed by atoms with Gasteiger partial charge in [0.15, 0.2) is 6.61 Å². The molecule has 9 nitrogen and oxygen atoms in total. The largest absolute Gasteiger partial charge is 0.482 e. The highest BCUT2D eigenvalue weighted by Gasteiger charge is 2.17. The monoisotopic (exact) mass is 396 g/mol. The third-order valence-electron chi connectivity index (χ3n) is 4.39. The summed E-state index contributed by atoms with van der Waals surface area (Å²) in [5.74, 6) is 0.711. The highest BCUT2D eigenvalue weighted by Crippen LogP contribution is 2.32. The zero-order chi connectivity index (χ0) is 20.4. The van der Waals surface area contributed by atoms with E-state index >= 15 is 0 Å². The predicted molar refractivity (Wildman–Crippen MR) is 103 cm³/mol. The Kier molecular flexibility index (Phi) is 4.92. The standard InChI is InChI=1S/C19H17FN6O3/c20-7-12(8-21)9-26-19(28)25(11-22-26)17-3-1-2-14(23-17)13-4-5-16-15(6-13)24-18(27)10-29-16/h1-7,11H,8-10,21H2,(H,24,27)/b12-7+. The number of aromatic nitrogens is 4. The maximum Gasteiger partial charge on any atom is 0.351 e. The summed E-state index contributed by atoms with van der Waals surface area (Å²) in [6.45, 7) is -0.0678. The number of halogens is 1. The summed E-state index contributed by atoms with van der Waals surface area (Å²) < 4.78 is 20.5. The molecule has 10 heteroatoms. The highest BCUT2D eigenvalue weighted by molar-refractivity contribution is 5.96. The zero-order valence-corrected chi connectivity index (χ0v) is 15.2. The summed E-state index contributed by atoms with van der Waals surface area (Å²) >= 11 is 0. The van der Waals surface area contributed by atoms with Crippen LogP contribution in [0.5, 0.6) is 5.75 Å². The van der Waals surface area contributed by atoms with Crippen LogP contribution < -0.4 is 21.5 Å². The molecule has 29 heavy (non-hydrogen) atoms. The van der Waals surface area contributed by atoms with Crippen molar-refractivity contribution in [1.82, 2.24) is 19.3 Å². The number of rotatable bonds is 5. The second-order valence-electron chi connectivity index (χ2n) is 6.34. The lowest BCUT2D eigenvalue weighted by atomic mass is 10.1. The number of nitrogens with two attached hydrogens (primary N) is 1. The van der Waals surface area contributed by atoms with Crippen LogP contribution in [0, 0.1) is 0 Å². The fourth-order valence-corrected chi connectivity index (χ4v) is 2.90. The molecule has 1 aliphatic rings. The third kappa shape index (κ3) is 3.65. The normalized spacial score (nSPS) is 13.6. The minimum absolute atomic E-state index is 0.0118. The first-order valence-corrected chi connectivity index (χ1v) is 8.76. The van der Waals surface area contributed by atoms with Crippen molar-refractivity contribution in [1.29, 1.82) is 0 Å². The first kappa shape index (κ1) is 18.6. The molecular formula is C19H17FN6O3. The van der Waals surface area contributed by atoms with Crippen molar-refractivity contribution in [2.24, 2.45) is 5.73 Å². The van der Waals surface area contributed by atoms with Gasteiger partial charge in [-0.25, -0.2) is 23.4 Å². The maximum atomic E-state index is 12.8. The number of hydrogen-bond donors (Lipinski definition) is 2. The number of carbonyl (C=O) groups excluding carboxylic acids is 1. The zero-order valence-electron chi connectivity index (χ0n) is 15.2. The summed E-state index contributed by atoms with van der Waals surface area (Å²) in [7, 11) is 0. The average Bonchev–Trinajstić information content (AvgIpc) is 3.11. The van der Waals surface area contributed by atoms with E-state index in [-0.39, 0.29) is 31.2 Å². The second-order valence-corrected chi connectivity index (χ2v) is 6.34. The second kappa shape index (κ2) is 7.68. The van der Waals surface area contributed by atoms with Crippen molar-refractivity contribution >= 4 is 11.6 Å². The lowest BCUT2D eigenvalue weighted by Crippen LogP contribution is -2.26. The van der Waals surface area contributed by atoms with Gasteiger partial charge in [0, 0.05) is 12.1 Å². The molecular weight excluding hydrogens is 379 g/mol. The SMILES string of the molecule is NC/C(=C\F)Cn1ncn(-c2cccc(-c3ccc4c(c3)NC(=O)CO4)n2)c1=O. The summed E-state index contributed by atoms with van der Waals surface area (Å²) in [5, 5.41) is 6.75. The van der Waals surface area contributed by atoms with E-state index in [1.54, 1.807) is 30.3 Å². The van der Waals surface area contributed by atoms with Crippen molar-refractivity contribution in [3.05, 3.63) is 65.1 Å². The number of nitrogens with zero attached hydrogens (tertiary/aromatic N) is 4. The highest BCUT2D eigenvalue weighted by atomic mass is 19.1. The number of pyridine rings is 1. The Hall–Kier alpha value is -3.79. The lowest BCUT2D eigenvalue weighted by molar-refractivity contribution is -0.118. The topological polar surface area (TPSA) is 117 Å². The van der Waals surface area contributed by atoms with E-state index in [2.05, 4.69) is 15.4 Å². The molecule has 0 radical (unpaired) electrons. The van der Waals surface area contributed by atoms with Gasteiger partial charge in [0.1, 0.15) is 17.9 Å². The molecule has 3 N–H and O–H groups in total. The van der Waals surface area contributed by atoms with Gasteiger partial charge < -0.3 is 15.8 Å². The average molecular weight is 396 g/mol. The summed E-state index contributed by atoms with van der Waals surface area (Å²) in [5.41, 5.74) is 7.11. The number of carbonyl (C=O) groups is 1. The van der Waals surface area contributed by atoms with Gasteiger partial charge in [0.2, 0.25) is 0 Å². The molecule has 0 spiro atoms. The van der Waals surface area contributed by atoms with E-state index in [0.717, 1.165) is 10.2 Å². The molecule has 3 heterocycles. The van der Waals surface area contributed by atoms with Crippen LogP contribution in [0.25, 0.3) is 17.1 Å². The van der Waals surface area contributed by atoms with E-state index in [4.69, 9.17) is 10.5 Å². The van der Waals surface area contributed by atoms with E-state index in [9.17, 15) is 14.0 Å². The number of anilines is 1. The Balaban J connectivity index is 1.67. The predicted octanol–water partition coefficient (Wildman–Crippen LogP) is 1.24. The minimum atomic E-state index is -0.464.